The Labute approximate surface area is 455 Å². The number of rotatable bonds is 60. The molecular formula is C67H125NO5. The van der Waals surface area contributed by atoms with E-state index in [4.69, 9.17) is 4.74 Å². The zero-order chi connectivity index (χ0) is 52.9. The zero-order valence-electron chi connectivity index (χ0n) is 48.9. The van der Waals surface area contributed by atoms with Gasteiger partial charge in [0.25, 0.3) is 0 Å². The van der Waals surface area contributed by atoms with Crippen LogP contribution < -0.4 is 5.32 Å². The minimum absolute atomic E-state index is 0.0167. The molecule has 0 saturated carbocycles. The quantitative estimate of drug-likeness (QED) is 0.0320. The van der Waals surface area contributed by atoms with Gasteiger partial charge in [0, 0.05) is 12.8 Å². The zero-order valence-corrected chi connectivity index (χ0v) is 48.9. The number of esters is 1. The van der Waals surface area contributed by atoms with Crippen molar-refractivity contribution in [1.29, 1.82) is 0 Å². The molecule has 6 nitrogen and oxygen atoms in total. The Hall–Kier alpha value is -2.18. The highest BCUT2D eigenvalue weighted by atomic mass is 16.5. The van der Waals surface area contributed by atoms with Crippen LogP contribution in [0.5, 0.6) is 0 Å². The Kier molecular flexibility index (Phi) is 60.5. The first kappa shape index (κ1) is 70.8. The fourth-order valence-corrected chi connectivity index (χ4v) is 9.84. The average molecular weight is 1020 g/mol. The van der Waals surface area contributed by atoms with Gasteiger partial charge in [0.15, 0.2) is 0 Å². The van der Waals surface area contributed by atoms with Crippen molar-refractivity contribution in [3.63, 3.8) is 0 Å². The Bertz CT molecular complexity index is 1230. The molecule has 0 rings (SSSR count). The molecule has 0 aromatic carbocycles. The Balaban J connectivity index is 3.51. The van der Waals surface area contributed by atoms with Crippen LogP contribution in [0.15, 0.2) is 48.6 Å². The summed E-state index contributed by atoms with van der Waals surface area (Å²) >= 11 is 0. The molecule has 428 valence electrons. The summed E-state index contributed by atoms with van der Waals surface area (Å²) in [4.78, 5) is 24.6. The third kappa shape index (κ3) is 58.9. The van der Waals surface area contributed by atoms with Gasteiger partial charge in [-0.3, -0.25) is 9.59 Å². The molecule has 2 unspecified atom stereocenters. The molecule has 0 radical (unpaired) electrons. The fourth-order valence-electron chi connectivity index (χ4n) is 9.84. The maximum Gasteiger partial charge on any atom is 0.305 e. The van der Waals surface area contributed by atoms with E-state index in [9.17, 15) is 19.8 Å². The van der Waals surface area contributed by atoms with Crippen molar-refractivity contribution in [1.82, 2.24) is 5.32 Å². The van der Waals surface area contributed by atoms with E-state index in [-0.39, 0.29) is 18.5 Å². The van der Waals surface area contributed by atoms with Crippen LogP contribution in [-0.4, -0.2) is 47.4 Å². The summed E-state index contributed by atoms with van der Waals surface area (Å²) in [5, 5.41) is 23.2. The predicted octanol–water partition coefficient (Wildman–Crippen LogP) is 20.5. The van der Waals surface area contributed by atoms with E-state index in [2.05, 4.69) is 55.6 Å². The van der Waals surface area contributed by atoms with Gasteiger partial charge >= 0.3 is 5.97 Å². The summed E-state index contributed by atoms with van der Waals surface area (Å²) in [7, 11) is 0. The second-order valence-corrected chi connectivity index (χ2v) is 22.1. The van der Waals surface area contributed by atoms with E-state index in [1.54, 1.807) is 6.08 Å². The van der Waals surface area contributed by atoms with Gasteiger partial charge in [-0.05, 0) is 96.3 Å². The molecule has 0 aliphatic rings. The SMILES string of the molecule is CCCCCCCC/C=C\CCCCCCCCCCCC(=O)OCCCCC/C=C\C/C=C\CCCCCCCCCC(=O)NC(CO)C(O)/C=C/CCCCCCCCCCCCCCCCCCCC. The standard InChI is InChI=1S/C67H125NO5/c1-3-5-7-9-11-13-15-17-19-21-23-25-27-31-35-39-43-47-51-55-59-65(70)64(63-69)68-66(71)60-56-52-48-44-40-36-32-28-26-30-34-38-42-46-50-54-58-62-73-67(72)61-57-53-49-45-41-37-33-29-24-22-20-18-16-14-12-10-8-6-4-2/h18,20,26,30,38,42,55,59,64-65,69-70H,3-17,19,21-25,27-29,31-37,39-41,43-54,56-58,60-63H2,1-2H3,(H,68,71)/b20-18-,30-26-,42-38-,59-55+. The molecule has 0 heterocycles. The number of nitrogens with one attached hydrogen (secondary N) is 1. The number of aliphatic hydroxyl groups is 2. The van der Waals surface area contributed by atoms with Gasteiger partial charge in [0.05, 0.1) is 25.4 Å². The number of allylic oxidation sites excluding steroid dienone is 7. The van der Waals surface area contributed by atoms with Gasteiger partial charge < -0.3 is 20.3 Å². The van der Waals surface area contributed by atoms with Crippen LogP contribution in [0, 0.1) is 0 Å². The molecule has 1 amide bonds. The van der Waals surface area contributed by atoms with Gasteiger partial charge in [0.2, 0.25) is 5.91 Å². The highest BCUT2D eigenvalue weighted by Crippen LogP contribution is 2.17. The molecular weight excluding hydrogens is 899 g/mol. The van der Waals surface area contributed by atoms with E-state index in [1.165, 1.54) is 231 Å². The maximum atomic E-state index is 12.5. The minimum Gasteiger partial charge on any atom is -0.466 e. The van der Waals surface area contributed by atoms with Crippen LogP contribution in [0.3, 0.4) is 0 Å². The maximum absolute atomic E-state index is 12.5. The van der Waals surface area contributed by atoms with Crippen molar-refractivity contribution in [2.75, 3.05) is 13.2 Å². The molecule has 0 bridgehead atoms. The number of carbonyl (C=O) groups excluding carboxylic acids is 2. The number of hydrogen-bond acceptors (Lipinski definition) is 5. The second-order valence-electron chi connectivity index (χ2n) is 22.1. The first-order valence-corrected chi connectivity index (χ1v) is 32.4. The van der Waals surface area contributed by atoms with E-state index >= 15 is 0 Å². The molecule has 0 aliphatic carbocycles. The van der Waals surface area contributed by atoms with Crippen LogP contribution in [-0.2, 0) is 14.3 Å². The fraction of sp³-hybridized carbons (Fsp3) is 0.851. The van der Waals surface area contributed by atoms with Gasteiger partial charge in [-0.25, -0.2) is 0 Å². The monoisotopic (exact) mass is 1020 g/mol. The lowest BCUT2D eigenvalue weighted by atomic mass is 10.0. The average Bonchev–Trinajstić information content (AvgIpc) is 3.39. The molecule has 0 aromatic rings. The number of amides is 1. The van der Waals surface area contributed by atoms with Gasteiger partial charge in [0.1, 0.15) is 0 Å². The summed E-state index contributed by atoms with van der Waals surface area (Å²) in [6.45, 7) is 4.87. The Morgan fingerprint density at radius 3 is 1.05 bits per heavy atom. The van der Waals surface area contributed by atoms with Crippen LogP contribution in [0.25, 0.3) is 0 Å². The third-order valence-electron chi connectivity index (χ3n) is 14.8. The predicted molar refractivity (Wildman–Crippen MR) is 319 cm³/mol. The molecule has 0 aromatic heterocycles. The minimum atomic E-state index is -0.857. The largest absolute Gasteiger partial charge is 0.466 e. The molecule has 73 heavy (non-hydrogen) atoms. The van der Waals surface area contributed by atoms with Gasteiger partial charge in [-0.1, -0.05) is 281 Å². The van der Waals surface area contributed by atoms with Crippen molar-refractivity contribution < 1.29 is 24.5 Å². The summed E-state index contributed by atoms with van der Waals surface area (Å²) in [6.07, 6.45) is 80.1. The van der Waals surface area contributed by atoms with Crippen molar-refractivity contribution in [3.8, 4) is 0 Å². The third-order valence-corrected chi connectivity index (χ3v) is 14.8. The van der Waals surface area contributed by atoms with Crippen molar-refractivity contribution in [3.05, 3.63) is 48.6 Å². The Morgan fingerprint density at radius 1 is 0.384 bits per heavy atom. The van der Waals surface area contributed by atoms with Gasteiger partial charge in [-0.2, -0.15) is 0 Å². The summed E-state index contributed by atoms with van der Waals surface area (Å²) < 4.78 is 5.47. The number of carbonyl (C=O) groups is 2. The van der Waals surface area contributed by atoms with Crippen LogP contribution >= 0.6 is 0 Å². The smallest absolute Gasteiger partial charge is 0.305 e. The lowest BCUT2D eigenvalue weighted by Crippen LogP contribution is -2.45. The molecule has 0 spiro atoms. The van der Waals surface area contributed by atoms with Crippen LogP contribution in [0.1, 0.15) is 341 Å². The van der Waals surface area contributed by atoms with Crippen LogP contribution in [0.4, 0.5) is 0 Å². The first-order chi connectivity index (χ1) is 36.0. The lowest BCUT2D eigenvalue weighted by molar-refractivity contribution is -0.143. The molecule has 0 fully saturated rings. The molecule has 2 atom stereocenters. The molecule has 3 N–H and O–H groups in total. The topological polar surface area (TPSA) is 95.9 Å². The number of unbranched alkanes of at least 4 members (excludes halogenated alkanes) is 43. The number of hydrogen-bond donors (Lipinski definition) is 3. The Morgan fingerprint density at radius 2 is 0.685 bits per heavy atom. The van der Waals surface area contributed by atoms with E-state index in [0.29, 0.717) is 19.4 Å². The van der Waals surface area contributed by atoms with E-state index in [1.807, 2.05) is 6.08 Å². The van der Waals surface area contributed by atoms with Crippen molar-refractivity contribution >= 4 is 11.9 Å². The molecule has 6 heteroatoms. The molecule has 0 aliphatic heterocycles. The molecule has 0 saturated heterocycles. The highest BCUT2D eigenvalue weighted by Gasteiger charge is 2.18. The summed E-state index contributed by atoms with van der Waals surface area (Å²) in [5.41, 5.74) is 0. The number of aliphatic hydroxyl groups excluding tert-OH is 2. The number of ether oxygens (including phenoxy) is 1. The van der Waals surface area contributed by atoms with Gasteiger partial charge in [-0.15, -0.1) is 0 Å². The van der Waals surface area contributed by atoms with E-state index < -0.39 is 12.1 Å². The van der Waals surface area contributed by atoms with E-state index in [0.717, 1.165) is 83.5 Å². The van der Waals surface area contributed by atoms with Crippen molar-refractivity contribution in [2.24, 2.45) is 0 Å². The normalized spacial score (nSPS) is 12.9. The van der Waals surface area contributed by atoms with Crippen molar-refractivity contribution in [2.45, 2.75) is 353 Å². The summed E-state index contributed by atoms with van der Waals surface area (Å²) in [5.74, 6) is -0.0989. The lowest BCUT2D eigenvalue weighted by Gasteiger charge is -2.20. The summed E-state index contributed by atoms with van der Waals surface area (Å²) in [6, 6.07) is -0.642. The van der Waals surface area contributed by atoms with Crippen LogP contribution in [0.2, 0.25) is 0 Å². The second kappa shape index (κ2) is 62.4. The highest BCUT2D eigenvalue weighted by molar-refractivity contribution is 5.76. The first-order valence-electron chi connectivity index (χ1n) is 32.4.